The SMILES string of the molecule is O=C(NCCCn1ccnc1)[C@@H]1C[C@H]2CC[C@H]1C2. The molecule has 98 valence electrons. The van der Waals surface area contributed by atoms with Crippen LogP contribution in [0.3, 0.4) is 0 Å². The van der Waals surface area contributed by atoms with Crippen molar-refractivity contribution < 1.29 is 4.79 Å². The van der Waals surface area contributed by atoms with Gasteiger partial charge in [0.1, 0.15) is 0 Å². The van der Waals surface area contributed by atoms with Crippen LogP contribution in [0.25, 0.3) is 0 Å². The Hall–Kier alpha value is -1.32. The highest BCUT2D eigenvalue weighted by molar-refractivity contribution is 5.79. The van der Waals surface area contributed by atoms with Gasteiger partial charge in [0.25, 0.3) is 0 Å². The lowest BCUT2D eigenvalue weighted by molar-refractivity contribution is -0.126. The van der Waals surface area contributed by atoms with Crippen molar-refractivity contribution in [1.82, 2.24) is 14.9 Å². The molecule has 0 aliphatic heterocycles. The van der Waals surface area contributed by atoms with Crippen LogP contribution in [0.5, 0.6) is 0 Å². The first-order valence-electron chi connectivity index (χ1n) is 7.06. The van der Waals surface area contributed by atoms with Crippen LogP contribution in [-0.4, -0.2) is 22.0 Å². The number of fused-ring (bicyclic) bond motifs is 2. The summed E-state index contributed by atoms with van der Waals surface area (Å²) in [5, 5.41) is 3.10. The fourth-order valence-electron chi connectivity index (χ4n) is 3.59. The molecule has 1 amide bonds. The van der Waals surface area contributed by atoms with Crippen LogP contribution in [0.2, 0.25) is 0 Å². The van der Waals surface area contributed by atoms with Crippen LogP contribution in [0.1, 0.15) is 32.1 Å². The number of aromatic nitrogens is 2. The van der Waals surface area contributed by atoms with Gasteiger partial charge in [-0.05, 0) is 37.5 Å². The maximum atomic E-state index is 12.1. The van der Waals surface area contributed by atoms with E-state index in [-0.39, 0.29) is 0 Å². The van der Waals surface area contributed by atoms with E-state index in [9.17, 15) is 4.79 Å². The predicted octanol–water partition coefficient (Wildman–Crippen LogP) is 1.83. The van der Waals surface area contributed by atoms with E-state index >= 15 is 0 Å². The number of rotatable bonds is 5. The Morgan fingerprint density at radius 3 is 3.00 bits per heavy atom. The van der Waals surface area contributed by atoms with Crippen molar-refractivity contribution in [1.29, 1.82) is 0 Å². The van der Waals surface area contributed by atoms with E-state index in [0.717, 1.165) is 31.8 Å². The van der Waals surface area contributed by atoms with Gasteiger partial charge in [-0.1, -0.05) is 6.42 Å². The average Bonchev–Trinajstić information content (AvgIpc) is 3.10. The molecule has 1 heterocycles. The zero-order chi connectivity index (χ0) is 12.4. The van der Waals surface area contributed by atoms with Gasteiger partial charge >= 0.3 is 0 Å². The van der Waals surface area contributed by atoms with Gasteiger partial charge < -0.3 is 9.88 Å². The number of nitrogens with one attached hydrogen (secondary N) is 1. The van der Waals surface area contributed by atoms with Crippen LogP contribution < -0.4 is 5.32 Å². The topological polar surface area (TPSA) is 46.9 Å². The lowest BCUT2D eigenvalue weighted by Gasteiger charge is -2.20. The number of aryl methyl sites for hydroxylation is 1. The molecule has 0 spiro atoms. The van der Waals surface area contributed by atoms with E-state index < -0.39 is 0 Å². The minimum absolute atomic E-state index is 0.299. The zero-order valence-corrected chi connectivity index (χ0v) is 10.7. The smallest absolute Gasteiger partial charge is 0.223 e. The third-order valence-corrected chi connectivity index (χ3v) is 4.53. The maximum Gasteiger partial charge on any atom is 0.223 e. The molecule has 3 atom stereocenters. The molecular weight excluding hydrogens is 226 g/mol. The molecule has 1 aromatic rings. The third kappa shape index (κ3) is 2.42. The van der Waals surface area contributed by atoms with Gasteiger partial charge in [0, 0.05) is 31.4 Å². The van der Waals surface area contributed by atoms with Gasteiger partial charge in [-0.15, -0.1) is 0 Å². The van der Waals surface area contributed by atoms with Crippen molar-refractivity contribution in [2.75, 3.05) is 6.54 Å². The average molecular weight is 247 g/mol. The third-order valence-electron chi connectivity index (χ3n) is 4.53. The largest absolute Gasteiger partial charge is 0.356 e. The first kappa shape index (κ1) is 11.8. The second kappa shape index (κ2) is 5.12. The minimum atomic E-state index is 0.299. The van der Waals surface area contributed by atoms with Gasteiger partial charge in [-0.25, -0.2) is 4.98 Å². The second-order valence-corrected chi connectivity index (χ2v) is 5.73. The number of imidazole rings is 1. The Bertz CT molecular complexity index is 401. The summed E-state index contributed by atoms with van der Waals surface area (Å²) >= 11 is 0. The second-order valence-electron chi connectivity index (χ2n) is 5.73. The molecule has 3 rings (SSSR count). The van der Waals surface area contributed by atoms with Crippen molar-refractivity contribution in [2.45, 2.75) is 38.6 Å². The summed E-state index contributed by atoms with van der Waals surface area (Å²) < 4.78 is 2.05. The summed E-state index contributed by atoms with van der Waals surface area (Å²) in [5.74, 6) is 2.14. The highest BCUT2D eigenvalue weighted by Crippen LogP contribution is 2.48. The minimum Gasteiger partial charge on any atom is -0.356 e. The van der Waals surface area contributed by atoms with Crippen LogP contribution in [0.4, 0.5) is 0 Å². The molecule has 2 aliphatic rings. The van der Waals surface area contributed by atoms with Crippen LogP contribution in [0, 0.1) is 17.8 Å². The van der Waals surface area contributed by atoms with E-state index in [2.05, 4.69) is 10.3 Å². The Labute approximate surface area is 108 Å². The number of carbonyl (C=O) groups excluding carboxylic acids is 1. The first-order valence-corrected chi connectivity index (χ1v) is 7.06. The quantitative estimate of drug-likeness (QED) is 0.807. The molecule has 1 N–H and O–H groups in total. The van der Waals surface area contributed by atoms with Crippen molar-refractivity contribution >= 4 is 5.91 Å². The van der Waals surface area contributed by atoms with E-state index in [1.807, 2.05) is 17.1 Å². The Kier molecular flexibility index (Phi) is 3.35. The lowest BCUT2D eigenvalue weighted by Crippen LogP contribution is -2.34. The van der Waals surface area contributed by atoms with Crippen molar-refractivity contribution in [3.63, 3.8) is 0 Å². The highest BCUT2D eigenvalue weighted by Gasteiger charge is 2.42. The van der Waals surface area contributed by atoms with Gasteiger partial charge in [0.2, 0.25) is 5.91 Å². The Balaban J connectivity index is 1.37. The fourth-order valence-corrected chi connectivity index (χ4v) is 3.59. The summed E-state index contributed by atoms with van der Waals surface area (Å²) in [6.07, 6.45) is 11.6. The molecule has 0 unspecified atom stereocenters. The molecule has 2 saturated carbocycles. The molecule has 0 radical (unpaired) electrons. The number of amides is 1. The van der Waals surface area contributed by atoms with E-state index in [1.54, 1.807) is 6.20 Å². The number of nitrogens with zero attached hydrogens (tertiary/aromatic N) is 2. The van der Waals surface area contributed by atoms with Gasteiger partial charge in [-0.2, -0.15) is 0 Å². The molecule has 0 saturated heterocycles. The van der Waals surface area contributed by atoms with Crippen molar-refractivity contribution in [2.24, 2.45) is 17.8 Å². The molecule has 2 aliphatic carbocycles. The number of carbonyl (C=O) groups is 1. The normalized spacial score (nSPS) is 29.7. The molecule has 4 heteroatoms. The van der Waals surface area contributed by atoms with Crippen LogP contribution >= 0.6 is 0 Å². The number of hydrogen-bond donors (Lipinski definition) is 1. The summed E-state index contributed by atoms with van der Waals surface area (Å²) in [7, 11) is 0. The van der Waals surface area contributed by atoms with E-state index in [0.29, 0.717) is 17.7 Å². The van der Waals surface area contributed by atoms with Crippen LogP contribution in [-0.2, 0) is 11.3 Å². The van der Waals surface area contributed by atoms with Gasteiger partial charge in [-0.3, -0.25) is 4.79 Å². The van der Waals surface area contributed by atoms with Crippen LogP contribution in [0.15, 0.2) is 18.7 Å². The van der Waals surface area contributed by atoms with Gasteiger partial charge in [0.05, 0.1) is 6.33 Å². The van der Waals surface area contributed by atoms with Crippen molar-refractivity contribution in [3.05, 3.63) is 18.7 Å². The summed E-state index contributed by atoms with van der Waals surface area (Å²) in [6.45, 7) is 1.71. The Morgan fingerprint density at radius 2 is 2.33 bits per heavy atom. The monoisotopic (exact) mass is 247 g/mol. The highest BCUT2D eigenvalue weighted by atomic mass is 16.1. The van der Waals surface area contributed by atoms with Gasteiger partial charge in [0.15, 0.2) is 0 Å². The van der Waals surface area contributed by atoms with E-state index in [1.165, 1.54) is 19.3 Å². The standard InChI is InChI=1S/C14H21N3O/c18-14(13-9-11-2-3-12(13)8-11)16-4-1-6-17-7-5-15-10-17/h5,7,10-13H,1-4,6,8-9H2,(H,16,18)/t11-,12-,13+/m0/s1. The fraction of sp³-hybridized carbons (Fsp3) is 0.714. The summed E-state index contributed by atoms with van der Waals surface area (Å²) in [5.41, 5.74) is 0. The summed E-state index contributed by atoms with van der Waals surface area (Å²) in [4.78, 5) is 16.1. The molecule has 1 aromatic heterocycles. The number of hydrogen-bond acceptors (Lipinski definition) is 2. The predicted molar refractivity (Wildman–Crippen MR) is 68.8 cm³/mol. The van der Waals surface area contributed by atoms with Crippen molar-refractivity contribution in [3.8, 4) is 0 Å². The zero-order valence-electron chi connectivity index (χ0n) is 10.7. The molecule has 2 fully saturated rings. The Morgan fingerprint density at radius 1 is 1.39 bits per heavy atom. The summed E-state index contributed by atoms with van der Waals surface area (Å²) in [6, 6.07) is 0. The molecule has 2 bridgehead atoms. The molecular formula is C14H21N3O. The molecule has 18 heavy (non-hydrogen) atoms. The molecule has 4 nitrogen and oxygen atoms in total. The molecule has 0 aromatic carbocycles. The maximum absolute atomic E-state index is 12.1. The van der Waals surface area contributed by atoms with E-state index in [4.69, 9.17) is 0 Å². The lowest BCUT2D eigenvalue weighted by atomic mass is 9.88. The first-order chi connectivity index (χ1) is 8.83.